The highest BCUT2D eigenvalue weighted by Gasteiger charge is 2.23. The van der Waals surface area contributed by atoms with Crippen molar-refractivity contribution < 1.29 is 9.59 Å². The number of anilines is 1. The molecule has 22 heavy (non-hydrogen) atoms. The molecule has 0 unspecified atom stereocenters. The molecule has 0 bridgehead atoms. The minimum atomic E-state index is -0.246. The number of nitrogens with one attached hydrogen (secondary N) is 2. The molecule has 3 rings (SSSR count). The van der Waals surface area contributed by atoms with Crippen LogP contribution in [0.2, 0.25) is 0 Å². The van der Waals surface area contributed by atoms with E-state index in [1.54, 1.807) is 36.5 Å². The van der Waals surface area contributed by atoms with E-state index in [-0.39, 0.29) is 11.8 Å². The molecule has 1 aromatic heterocycles. The molecule has 0 aliphatic heterocycles. The summed E-state index contributed by atoms with van der Waals surface area (Å²) in [5, 5.41) is 5.70. The Kier molecular flexibility index (Phi) is 4.20. The number of carbonyl (C=O) groups excluding carboxylic acids is 2. The maximum absolute atomic E-state index is 12.1. The summed E-state index contributed by atoms with van der Waals surface area (Å²) in [6.07, 6.45) is 5.22. The number of carbonyl (C=O) groups is 2. The Morgan fingerprint density at radius 3 is 2.41 bits per heavy atom. The number of nitrogens with zero attached hydrogens (tertiary/aromatic N) is 1. The highest BCUT2D eigenvalue weighted by molar-refractivity contribution is 9.10. The van der Waals surface area contributed by atoms with Crippen LogP contribution in [0.3, 0.4) is 0 Å². The SMILES string of the molecule is O=C(Nc1ccc(C(=O)NC2CC2)cc1)c1cncc(Br)c1. The van der Waals surface area contributed by atoms with Crippen LogP contribution in [-0.4, -0.2) is 22.8 Å². The van der Waals surface area contributed by atoms with Crippen LogP contribution in [0.25, 0.3) is 0 Å². The summed E-state index contributed by atoms with van der Waals surface area (Å²) in [7, 11) is 0. The van der Waals surface area contributed by atoms with Crippen LogP contribution in [0, 0.1) is 0 Å². The van der Waals surface area contributed by atoms with Crippen LogP contribution in [0.5, 0.6) is 0 Å². The van der Waals surface area contributed by atoms with Crippen molar-refractivity contribution in [2.24, 2.45) is 0 Å². The average molecular weight is 360 g/mol. The van der Waals surface area contributed by atoms with Crippen LogP contribution >= 0.6 is 15.9 Å². The van der Waals surface area contributed by atoms with Gasteiger partial charge in [-0.2, -0.15) is 0 Å². The number of pyridine rings is 1. The van der Waals surface area contributed by atoms with E-state index >= 15 is 0 Å². The van der Waals surface area contributed by atoms with Crippen molar-refractivity contribution in [2.45, 2.75) is 18.9 Å². The Labute approximate surface area is 136 Å². The van der Waals surface area contributed by atoms with Gasteiger partial charge >= 0.3 is 0 Å². The third-order valence-corrected chi connectivity index (χ3v) is 3.72. The van der Waals surface area contributed by atoms with E-state index in [1.165, 1.54) is 6.20 Å². The summed E-state index contributed by atoms with van der Waals surface area (Å²) >= 11 is 3.28. The van der Waals surface area contributed by atoms with Gasteiger partial charge < -0.3 is 10.6 Å². The molecule has 1 fully saturated rings. The zero-order valence-corrected chi connectivity index (χ0v) is 13.3. The Bertz CT molecular complexity index is 712. The van der Waals surface area contributed by atoms with Gasteiger partial charge in [-0.1, -0.05) is 0 Å². The molecule has 1 aliphatic carbocycles. The number of rotatable bonds is 4. The Hall–Kier alpha value is -2.21. The maximum Gasteiger partial charge on any atom is 0.257 e. The van der Waals surface area contributed by atoms with Gasteiger partial charge in [0.25, 0.3) is 11.8 Å². The summed E-state index contributed by atoms with van der Waals surface area (Å²) in [4.78, 5) is 27.9. The Balaban J connectivity index is 1.65. The summed E-state index contributed by atoms with van der Waals surface area (Å²) < 4.78 is 0.743. The second-order valence-electron chi connectivity index (χ2n) is 5.17. The van der Waals surface area contributed by atoms with E-state index in [4.69, 9.17) is 0 Å². The summed E-state index contributed by atoms with van der Waals surface area (Å²) in [6.45, 7) is 0. The maximum atomic E-state index is 12.1. The lowest BCUT2D eigenvalue weighted by Gasteiger charge is -2.07. The van der Waals surface area contributed by atoms with E-state index in [1.807, 2.05) is 0 Å². The van der Waals surface area contributed by atoms with Crippen molar-refractivity contribution in [3.63, 3.8) is 0 Å². The predicted octanol–water partition coefficient (Wildman–Crippen LogP) is 2.99. The smallest absolute Gasteiger partial charge is 0.257 e. The molecule has 1 heterocycles. The molecule has 1 aromatic carbocycles. The van der Waals surface area contributed by atoms with Gasteiger partial charge in [-0.05, 0) is 59.1 Å². The average Bonchev–Trinajstić information content (AvgIpc) is 3.32. The first-order valence-corrected chi connectivity index (χ1v) is 7.74. The first-order chi connectivity index (χ1) is 10.6. The summed E-state index contributed by atoms with van der Waals surface area (Å²) in [5.41, 5.74) is 1.69. The fraction of sp³-hybridized carbons (Fsp3) is 0.188. The number of hydrogen-bond acceptors (Lipinski definition) is 3. The van der Waals surface area contributed by atoms with Crippen molar-refractivity contribution in [2.75, 3.05) is 5.32 Å². The molecular weight excluding hydrogens is 346 g/mol. The van der Waals surface area contributed by atoms with Crippen molar-refractivity contribution in [1.29, 1.82) is 0 Å². The van der Waals surface area contributed by atoms with E-state index < -0.39 is 0 Å². The summed E-state index contributed by atoms with van der Waals surface area (Å²) in [5.74, 6) is -0.319. The first-order valence-electron chi connectivity index (χ1n) is 6.94. The van der Waals surface area contributed by atoms with Gasteiger partial charge in [-0.15, -0.1) is 0 Å². The number of amides is 2. The molecule has 0 spiro atoms. The van der Waals surface area contributed by atoms with Gasteiger partial charge in [0.1, 0.15) is 0 Å². The number of benzene rings is 1. The third kappa shape index (κ3) is 3.71. The lowest BCUT2D eigenvalue weighted by atomic mass is 10.2. The van der Waals surface area contributed by atoms with Crippen LogP contribution < -0.4 is 10.6 Å². The zero-order chi connectivity index (χ0) is 15.5. The monoisotopic (exact) mass is 359 g/mol. The molecule has 0 saturated heterocycles. The Morgan fingerprint density at radius 1 is 1.05 bits per heavy atom. The summed E-state index contributed by atoms with van der Waals surface area (Å²) in [6, 6.07) is 8.85. The lowest BCUT2D eigenvalue weighted by Crippen LogP contribution is -2.25. The van der Waals surface area contributed by atoms with Crippen molar-refractivity contribution in [1.82, 2.24) is 10.3 Å². The molecule has 112 valence electrons. The van der Waals surface area contributed by atoms with Crippen molar-refractivity contribution >= 4 is 33.4 Å². The molecule has 5 nitrogen and oxygen atoms in total. The van der Waals surface area contributed by atoms with Crippen LogP contribution in [0.1, 0.15) is 33.6 Å². The largest absolute Gasteiger partial charge is 0.349 e. The Morgan fingerprint density at radius 2 is 1.77 bits per heavy atom. The third-order valence-electron chi connectivity index (χ3n) is 3.28. The fourth-order valence-electron chi connectivity index (χ4n) is 1.94. The van der Waals surface area contributed by atoms with Crippen LogP contribution in [0.15, 0.2) is 47.2 Å². The highest BCUT2D eigenvalue weighted by Crippen LogP contribution is 2.20. The van der Waals surface area contributed by atoms with Crippen LogP contribution in [0.4, 0.5) is 5.69 Å². The number of halogens is 1. The topological polar surface area (TPSA) is 71.1 Å². The second-order valence-corrected chi connectivity index (χ2v) is 6.09. The molecular formula is C16H14BrN3O2. The minimum Gasteiger partial charge on any atom is -0.349 e. The van der Waals surface area contributed by atoms with Crippen molar-refractivity contribution in [3.05, 3.63) is 58.3 Å². The second kappa shape index (κ2) is 6.27. The van der Waals surface area contributed by atoms with E-state index in [9.17, 15) is 9.59 Å². The normalized spacial score (nSPS) is 13.5. The molecule has 2 N–H and O–H groups in total. The van der Waals surface area contributed by atoms with E-state index in [0.717, 1.165) is 17.3 Å². The molecule has 0 radical (unpaired) electrons. The molecule has 1 saturated carbocycles. The predicted molar refractivity (Wildman–Crippen MR) is 86.8 cm³/mol. The van der Waals surface area contributed by atoms with E-state index in [0.29, 0.717) is 22.9 Å². The molecule has 6 heteroatoms. The van der Waals surface area contributed by atoms with Gasteiger partial charge in [-0.25, -0.2) is 0 Å². The molecule has 2 amide bonds. The molecule has 1 aliphatic rings. The van der Waals surface area contributed by atoms with Gasteiger partial charge in [0, 0.05) is 34.2 Å². The first kappa shape index (κ1) is 14.7. The number of hydrogen-bond donors (Lipinski definition) is 2. The zero-order valence-electron chi connectivity index (χ0n) is 11.7. The lowest BCUT2D eigenvalue weighted by molar-refractivity contribution is 0.0950. The molecule has 2 aromatic rings. The minimum absolute atomic E-state index is 0.0726. The van der Waals surface area contributed by atoms with E-state index in [2.05, 4.69) is 31.5 Å². The molecule has 0 atom stereocenters. The quantitative estimate of drug-likeness (QED) is 0.881. The fourth-order valence-corrected chi connectivity index (χ4v) is 2.31. The van der Waals surface area contributed by atoms with Crippen molar-refractivity contribution in [3.8, 4) is 0 Å². The van der Waals surface area contributed by atoms with Gasteiger partial charge in [0.2, 0.25) is 0 Å². The standard InChI is InChI=1S/C16H14BrN3O2/c17-12-7-11(8-18-9-12)16(22)20-13-3-1-10(2-4-13)15(21)19-14-5-6-14/h1-4,7-9,14H,5-6H2,(H,19,21)(H,20,22). The highest BCUT2D eigenvalue weighted by atomic mass is 79.9. The van der Waals surface area contributed by atoms with Gasteiger partial charge in [-0.3, -0.25) is 14.6 Å². The van der Waals surface area contributed by atoms with Crippen LogP contribution in [-0.2, 0) is 0 Å². The van der Waals surface area contributed by atoms with Gasteiger partial charge in [0.15, 0.2) is 0 Å². The van der Waals surface area contributed by atoms with Gasteiger partial charge in [0.05, 0.1) is 5.56 Å². The number of aromatic nitrogens is 1.